The highest BCUT2D eigenvalue weighted by Crippen LogP contribution is 2.13. The lowest BCUT2D eigenvalue weighted by atomic mass is 10.1. The van der Waals surface area contributed by atoms with Gasteiger partial charge < -0.3 is 28.5 Å². The van der Waals surface area contributed by atoms with Crippen molar-refractivity contribution < 1.29 is 28.5 Å². The molecule has 0 aliphatic heterocycles. The Morgan fingerprint density at radius 2 is 1.09 bits per heavy atom. The van der Waals surface area contributed by atoms with Crippen molar-refractivity contribution in [1.82, 2.24) is 0 Å². The monoisotopic (exact) mass is 443 g/mol. The Morgan fingerprint density at radius 3 is 1.55 bits per heavy atom. The summed E-state index contributed by atoms with van der Waals surface area (Å²) in [6.07, 6.45) is 14.5. The summed E-state index contributed by atoms with van der Waals surface area (Å²) in [6, 6.07) is 0. The molecule has 0 heterocycles. The van der Waals surface area contributed by atoms with Gasteiger partial charge in [0, 0.05) is 5.75 Å². The van der Waals surface area contributed by atoms with E-state index in [0.717, 1.165) is 0 Å². The molecule has 0 rings (SSSR count). The normalized spacial score (nSPS) is 11.5. The highest BCUT2D eigenvalue weighted by Gasteiger charge is 2.14. The number of hydrogen-bond acceptors (Lipinski definition) is 1. The molecule has 0 aromatic heterocycles. The van der Waals surface area contributed by atoms with Gasteiger partial charge in [0.1, 0.15) is 0 Å². The van der Waals surface area contributed by atoms with Crippen LogP contribution in [-0.4, -0.2) is 42.7 Å². The number of quaternary nitrogens is 1. The first-order valence-electron chi connectivity index (χ1n) is 9.59. The maximum Gasteiger partial charge on any atom is 0.0876 e. The third-order valence-electron chi connectivity index (χ3n) is 4.94. The molecule has 0 aromatic rings. The Kier molecular flexibility index (Phi) is 21.1. The van der Waals surface area contributed by atoms with Crippen LogP contribution in [0.5, 0.6) is 0 Å². The van der Waals surface area contributed by atoms with E-state index in [-0.39, 0.29) is 24.0 Å². The van der Waals surface area contributed by atoms with Crippen LogP contribution in [0.1, 0.15) is 85.0 Å². The molecule has 136 valence electrons. The Hall–Kier alpha value is 1.04. The summed E-state index contributed by atoms with van der Waals surface area (Å²) in [5.74, 6) is 2.72. The van der Waals surface area contributed by atoms with Gasteiger partial charge >= 0.3 is 0 Å². The van der Waals surface area contributed by atoms with Gasteiger partial charge in [0.05, 0.1) is 26.7 Å². The van der Waals surface area contributed by atoms with Gasteiger partial charge in [0.2, 0.25) is 0 Å². The molecule has 0 aliphatic rings. The molecule has 0 N–H and O–H groups in total. The standard InChI is InChI=1S/C19H42NS.HI/c1-5-8-9-10-11-12-13-14-15-16-18-21-19-17-20(4,6-2)7-3;/h5-19H2,1-4H3;1H/q+1;/p-1. The van der Waals surface area contributed by atoms with Crippen molar-refractivity contribution in [1.29, 1.82) is 0 Å². The Labute approximate surface area is 163 Å². The molecule has 3 heteroatoms. The lowest BCUT2D eigenvalue weighted by Gasteiger charge is -2.31. The summed E-state index contributed by atoms with van der Waals surface area (Å²) in [5, 5.41) is 0. The largest absolute Gasteiger partial charge is 1.00 e. The van der Waals surface area contributed by atoms with Crippen LogP contribution in [0.3, 0.4) is 0 Å². The summed E-state index contributed by atoms with van der Waals surface area (Å²) in [4.78, 5) is 0. The van der Waals surface area contributed by atoms with Crippen molar-refractivity contribution in [3.63, 3.8) is 0 Å². The molecule has 0 saturated heterocycles. The zero-order chi connectivity index (χ0) is 15.8. The van der Waals surface area contributed by atoms with Gasteiger partial charge in [-0.05, 0) is 26.0 Å². The predicted molar refractivity (Wildman–Crippen MR) is 101 cm³/mol. The third-order valence-corrected chi connectivity index (χ3v) is 5.99. The number of hydrogen-bond donors (Lipinski definition) is 0. The van der Waals surface area contributed by atoms with Crippen molar-refractivity contribution in [2.45, 2.75) is 85.0 Å². The number of rotatable bonds is 16. The number of unbranched alkanes of at least 4 members (excludes halogenated alkanes) is 9. The fourth-order valence-electron chi connectivity index (χ4n) is 2.62. The predicted octanol–water partition coefficient (Wildman–Crippen LogP) is 3.13. The molecular weight excluding hydrogens is 401 g/mol. The average Bonchev–Trinajstić information content (AvgIpc) is 2.51. The van der Waals surface area contributed by atoms with Crippen LogP contribution >= 0.6 is 11.8 Å². The van der Waals surface area contributed by atoms with Crippen molar-refractivity contribution in [3.05, 3.63) is 0 Å². The van der Waals surface area contributed by atoms with Crippen LogP contribution in [0.25, 0.3) is 0 Å². The van der Waals surface area contributed by atoms with E-state index in [1.165, 1.54) is 99.8 Å². The maximum atomic E-state index is 2.39. The van der Waals surface area contributed by atoms with Gasteiger partial charge in [-0.2, -0.15) is 11.8 Å². The lowest BCUT2D eigenvalue weighted by molar-refractivity contribution is -0.903. The first-order chi connectivity index (χ1) is 10.2. The second-order valence-electron chi connectivity index (χ2n) is 6.77. The lowest BCUT2D eigenvalue weighted by Crippen LogP contribution is -3.00. The van der Waals surface area contributed by atoms with Crippen LogP contribution in [-0.2, 0) is 0 Å². The van der Waals surface area contributed by atoms with Crippen LogP contribution < -0.4 is 24.0 Å². The summed E-state index contributed by atoms with van der Waals surface area (Å²) in [7, 11) is 2.39. The topological polar surface area (TPSA) is 0 Å². The summed E-state index contributed by atoms with van der Waals surface area (Å²) >= 11 is 2.17. The van der Waals surface area contributed by atoms with Crippen LogP contribution in [0, 0.1) is 0 Å². The molecule has 0 aromatic carbocycles. The van der Waals surface area contributed by atoms with Crippen LogP contribution in [0.4, 0.5) is 0 Å². The molecule has 0 radical (unpaired) electrons. The summed E-state index contributed by atoms with van der Waals surface area (Å²) in [5.41, 5.74) is 0. The van der Waals surface area contributed by atoms with E-state index in [1.807, 2.05) is 0 Å². The van der Waals surface area contributed by atoms with Crippen molar-refractivity contribution in [2.75, 3.05) is 38.2 Å². The summed E-state index contributed by atoms with van der Waals surface area (Å²) < 4.78 is 1.24. The number of thioether (sulfide) groups is 1. The molecule has 0 fully saturated rings. The second-order valence-corrected chi connectivity index (χ2v) is 7.99. The van der Waals surface area contributed by atoms with Gasteiger partial charge in [-0.15, -0.1) is 0 Å². The SMILES string of the molecule is CCCCCCCCCCCCSCC[N+](C)(CC)CC.[I-]. The van der Waals surface area contributed by atoms with E-state index in [4.69, 9.17) is 0 Å². The van der Waals surface area contributed by atoms with Gasteiger partial charge in [-0.25, -0.2) is 0 Å². The highest BCUT2D eigenvalue weighted by atomic mass is 127. The molecule has 0 amide bonds. The molecule has 0 aliphatic carbocycles. The van der Waals surface area contributed by atoms with Gasteiger partial charge in [-0.1, -0.05) is 64.7 Å². The van der Waals surface area contributed by atoms with Crippen LogP contribution in [0.2, 0.25) is 0 Å². The van der Waals surface area contributed by atoms with Crippen molar-refractivity contribution in [3.8, 4) is 0 Å². The van der Waals surface area contributed by atoms with E-state index in [0.29, 0.717) is 0 Å². The molecule has 0 unspecified atom stereocenters. The van der Waals surface area contributed by atoms with Crippen LogP contribution in [0.15, 0.2) is 0 Å². The third kappa shape index (κ3) is 15.9. The van der Waals surface area contributed by atoms with Gasteiger partial charge in [-0.3, -0.25) is 0 Å². The van der Waals surface area contributed by atoms with Gasteiger partial charge in [0.25, 0.3) is 0 Å². The molecular formula is C19H42INS. The van der Waals surface area contributed by atoms with E-state index >= 15 is 0 Å². The highest BCUT2D eigenvalue weighted by molar-refractivity contribution is 7.99. The quantitative estimate of drug-likeness (QED) is 0.201. The fraction of sp³-hybridized carbons (Fsp3) is 1.00. The summed E-state index contributed by atoms with van der Waals surface area (Å²) in [6.45, 7) is 10.8. The second kappa shape index (κ2) is 18.4. The molecule has 0 saturated carbocycles. The smallest absolute Gasteiger partial charge is 0.0876 e. The molecule has 0 atom stereocenters. The fourth-order valence-corrected chi connectivity index (χ4v) is 3.80. The molecule has 0 spiro atoms. The Bertz CT molecular complexity index is 208. The van der Waals surface area contributed by atoms with E-state index in [2.05, 4.69) is 39.6 Å². The minimum atomic E-state index is 0. The Morgan fingerprint density at radius 1 is 0.636 bits per heavy atom. The van der Waals surface area contributed by atoms with Gasteiger partial charge in [0.15, 0.2) is 0 Å². The molecule has 0 bridgehead atoms. The Balaban J connectivity index is 0. The minimum Gasteiger partial charge on any atom is -1.00 e. The first kappa shape index (κ1) is 25.3. The van der Waals surface area contributed by atoms with E-state index in [9.17, 15) is 0 Å². The maximum absolute atomic E-state index is 2.39. The van der Waals surface area contributed by atoms with Crippen molar-refractivity contribution in [2.24, 2.45) is 0 Å². The minimum absolute atomic E-state index is 0. The van der Waals surface area contributed by atoms with Crippen molar-refractivity contribution >= 4 is 11.8 Å². The number of nitrogens with zero attached hydrogens (tertiary/aromatic N) is 1. The molecule has 1 nitrogen and oxygen atoms in total. The molecule has 22 heavy (non-hydrogen) atoms. The number of halogens is 1. The van der Waals surface area contributed by atoms with E-state index in [1.54, 1.807) is 0 Å². The first-order valence-corrected chi connectivity index (χ1v) is 10.7. The van der Waals surface area contributed by atoms with E-state index < -0.39 is 0 Å². The zero-order valence-corrected chi connectivity index (χ0v) is 18.8. The average molecular weight is 444 g/mol. The zero-order valence-electron chi connectivity index (χ0n) is 15.8.